The lowest BCUT2D eigenvalue weighted by Gasteiger charge is -2.07. The van der Waals surface area contributed by atoms with Gasteiger partial charge in [0.2, 0.25) is 0 Å². The monoisotopic (exact) mass is 395 g/mol. The van der Waals surface area contributed by atoms with Crippen LogP contribution in [0.25, 0.3) is 11.4 Å². The maximum atomic E-state index is 12.1. The minimum absolute atomic E-state index is 0.191. The number of amides is 1. The van der Waals surface area contributed by atoms with Gasteiger partial charge in [-0.3, -0.25) is 4.79 Å². The SMILES string of the molecule is CCn1c(SCC(=O)NN=Cc2ccccc2OC)nnc1-c1ccccc1. The lowest BCUT2D eigenvalue weighted by atomic mass is 10.2. The molecule has 0 unspecified atom stereocenters. The highest BCUT2D eigenvalue weighted by atomic mass is 32.2. The molecule has 0 atom stereocenters. The van der Waals surface area contributed by atoms with Crippen molar-refractivity contribution in [1.29, 1.82) is 0 Å². The molecule has 0 fully saturated rings. The van der Waals surface area contributed by atoms with Gasteiger partial charge < -0.3 is 9.30 Å². The predicted octanol–water partition coefficient (Wildman–Crippen LogP) is 3.22. The highest BCUT2D eigenvalue weighted by Crippen LogP contribution is 2.23. The van der Waals surface area contributed by atoms with Gasteiger partial charge in [-0.25, -0.2) is 5.43 Å². The smallest absolute Gasteiger partial charge is 0.250 e. The summed E-state index contributed by atoms with van der Waals surface area (Å²) < 4.78 is 7.24. The van der Waals surface area contributed by atoms with Crippen molar-refractivity contribution in [2.75, 3.05) is 12.9 Å². The molecule has 1 heterocycles. The topological polar surface area (TPSA) is 81.4 Å². The van der Waals surface area contributed by atoms with Gasteiger partial charge in [0.05, 0.1) is 19.1 Å². The maximum Gasteiger partial charge on any atom is 0.250 e. The standard InChI is InChI=1S/C20H21N5O2S/c1-3-25-19(15-9-5-4-6-10-15)23-24-20(25)28-14-18(26)22-21-13-16-11-7-8-12-17(16)27-2/h4-13H,3,14H2,1-2H3,(H,22,26). The van der Waals surface area contributed by atoms with E-state index in [2.05, 4.69) is 20.7 Å². The number of hydrazone groups is 1. The quantitative estimate of drug-likeness (QED) is 0.360. The summed E-state index contributed by atoms with van der Waals surface area (Å²) in [5.74, 6) is 1.46. The molecule has 7 nitrogen and oxygen atoms in total. The third-order valence-corrected chi connectivity index (χ3v) is 4.90. The molecule has 0 radical (unpaired) electrons. The lowest BCUT2D eigenvalue weighted by molar-refractivity contribution is -0.118. The lowest BCUT2D eigenvalue weighted by Crippen LogP contribution is -2.20. The predicted molar refractivity (Wildman–Crippen MR) is 111 cm³/mol. The third kappa shape index (κ3) is 4.77. The first kappa shape index (κ1) is 19.6. The number of thioether (sulfide) groups is 1. The number of methoxy groups -OCH3 is 1. The van der Waals surface area contributed by atoms with Crippen molar-refractivity contribution in [1.82, 2.24) is 20.2 Å². The average Bonchev–Trinajstić information content (AvgIpc) is 3.16. The van der Waals surface area contributed by atoms with Crippen LogP contribution in [0, 0.1) is 0 Å². The number of hydrogen-bond acceptors (Lipinski definition) is 6. The minimum atomic E-state index is -0.219. The van der Waals surface area contributed by atoms with Crippen molar-refractivity contribution >= 4 is 23.9 Å². The molecule has 0 bridgehead atoms. The fraction of sp³-hybridized carbons (Fsp3) is 0.200. The van der Waals surface area contributed by atoms with E-state index in [1.165, 1.54) is 11.8 Å². The molecule has 3 aromatic rings. The van der Waals surface area contributed by atoms with Gasteiger partial charge in [0, 0.05) is 17.7 Å². The molecule has 8 heteroatoms. The number of benzene rings is 2. The maximum absolute atomic E-state index is 12.1. The Balaban J connectivity index is 1.59. The summed E-state index contributed by atoms with van der Waals surface area (Å²) in [5.41, 5.74) is 4.31. The molecular weight excluding hydrogens is 374 g/mol. The van der Waals surface area contributed by atoms with E-state index < -0.39 is 0 Å². The molecule has 0 aliphatic carbocycles. The average molecular weight is 395 g/mol. The number of carbonyl (C=O) groups excluding carboxylic acids is 1. The largest absolute Gasteiger partial charge is 0.496 e. The van der Waals surface area contributed by atoms with Gasteiger partial charge >= 0.3 is 0 Å². The number of carbonyl (C=O) groups is 1. The van der Waals surface area contributed by atoms with E-state index in [4.69, 9.17) is 4.74 Å². The van der Waals surface area contributed by atoms with Crippen molar-refractivity contribution in [3.8, 4) is 17.1 Å². The zero-order valence-electron chi connectivity index (χ0n) is 15.7. The molecule has 0 spiro atoms. The normalized spacial score (nSPS) is 10.9. The Morgan fingerprint density at radius 3 is 2.68 bits per heavy atom. The first-order valence-corrected chi connectivity index (χ1v) is 9.77. The van der Waals surface area contributed by atoms with Crippen LogP contribution in [0.1, 0.15) is 12.5 Å². The minimum Gasteiger partial charge on any atom is -0.496 e. The van der Waals surface area contributed by atoms with E-state index in [9.17, 15) is 4.79 Å². The number of hydrogen-bond donors (Lipinski definition) is 1. The third-order valence-electron chi connectivity index (χ3n) is 3.93. The Hall–Kier alpha value is -3.13. The molecule has 1 N–H and O–H groups in total. The Morgan fingerprint density at radius 2 is 1.93 bits per heavy atom. The molecule has 0 aliphatic rings. The molecule has 0 saturated carbocycles. The van der Waals surface area contributed by atoms with E-state index in [0.29, 0.717) is 17.5 Å². The number of aromatic nitrogens is 3. The highest BCUT2D eigenvalue weighted by Gasteiger charge is 2.14. The molecule has 1 aromatic heterocycles. The van der Waals surface area contributed by atoms with Crippen molar-refractivity contribution in [3.05, 3.63) is 60.2 Å². The second-order valence-electron chi connectivity index (χ2n) is 5.74. The van der Waals surface area contributed by atoms with E-state index in [1.54, 1.807) is 13.3 Å². The number of para-hydroxylation sites is 1. The van der Waals surface area contributed by atoms with Crippen LogP contribution in [0.2, 0.25) is 0 Å². The van der Waals surface area contributed by atoms with Gasteiger partial charge in [-0.2, -0.15) is 5.10 Å². The number of nitrogens with one attached hydrogen (secondary N) is 1. The molecule has 144 valence electrons. The highest BCUT2D eigenvalue weighted by molar-refractivity contribution is 7.99. The molecule has 1 amide bonds. The molecular formula is C20H21N5O2S. The summed E-state index contributed by atoms with van der Waals surface area (Å²) in [5, 5.41) is 13.2. The summed E-state index contributed by atoms with van der Waals surface area (Å²) in [4.78, 5) is 12.1. The van der Waals surface area contributed by atoms with Gasteiger partial charge in [-0.15, -0.1) is 10.2 Å². The van der Waals surface area contributed by atoms with Gasteiger partial charge in [0.25, 0.3) is 5.91 Å². The summed E-state index contributed by atoms with van der Waals surface area (Å²) in [6.07, 6.45) is 1.56. The van der Waals surface area contributed by atoms with Gasteiger partial charge in [0.1, 0.15) is 5.75 Å². The number of ether oxygens (including phenoxy) is 1. The van der Waals surface area contributed by atoms with Crippen LogP contribution >= 0.6 is 11.8 Å². The van der Waals surface area contributed by atoms with Crippen LogP contribution in [0.5, 0.6) is 5.75 Å². The first-order valence-electron chi connectivity index (χ1n) is 8.79. The van der Waals surface area contributed by atoms with Gasteiger partial charge in [0.15, 0.2) is 11.0 Å². The van der Waals surface area contributed by atoms with Crippen LogP contribution in [-0.4, -0.2) is 39.7 Å². The summed E-state index contributed by atoms with van der Waals surface area (Å²) in [6.45, 7) is 2.74. The second kappa shape index (κ2) is 9.70. The van der Waals surface area contributed by atoms with Crippen molar-refractivity contribution in [2.24, 2.45) is 5.10 Å². The van der Waals surface area contributed by atoms with E-state index in [-0.39, 0.29) is 11.7 Å². The second-order valence-corrected chi connectivity index (χ2v) is 6.68. The van der Waals surface area contributed by atoms with Crippen LogP contribution in [0.4, 0.5) is 0 Å². The number of rotatable bonds is 8. The molecule has 0 saturated heterocycles. The Kier molecular flexibility index (Phi) is 6.80. The van der Waals surface area contributed by atoms with Crippen molar-refractivity contribution < 1.29 is 9.53 Å². The Bertz CT molecular complexity index is 956. The molecule has 28 heavy (non-hydrogen) atoms. The zero-order chi connectivity index (χ0) is 19.8. The van der Waals surface area contributed by atoms with Crippen molar-refractivity contribution in [3.63, 3.8) is 0 Å². The summed E-state index contributed by atoms with van der Waals surface area (Å²) in [6, 6.07) is 17.3. The van der Waals surface area contributed by atoms with E-state index in [0.717, 1.165) is 17.0 Å². The van der Waals surface area contributed by atoms with Gasteiger partial charge in [-0.05, 0) is 19.1 Å². The fourth-order valence-electron chi connectivity index (χ4n) is 2.59. The first-order chi connectivity index (χ1) is 13.7. The van der Waals surface area contributed by atoms with E-state index >= 15 is 0 Å². The summed E-state index contributed by atoms with van der Waals surface area (Å²) >= 11 is 1.33. The molecule has 2 aromatic carbocycles. The molecule has 0 aliphatic heterocycles. The molecule has 3 rings (SSSR count). The Morgan fingerprint density at radius 1 is 1.18 bits per heavy atom. The van der Waals surface area contributed by atoms with Crippen LogP contribution in [-0.2, 0) is 11.3 Å². The summed E-state index contributed by atoms with van der Waals surface area (Å²) in [7, 11) is 1.59. The van der Waals surface area contributed by atoms with Crippen LogP contribution in [0.15, 0.2) is 64.9 Å². The van der Waals surface area contributed by atoms with Crippen LogP contribution in [0.3, 0.4) is 0 Å². The van der Waals surface area contributed by atoms with Crippen molar-refractivity contribution in [2.45, 2.75) is 18.6 Å². The van der Waals surface area contributed by atoms with Crippen LogP contribution < -0.4 is 10.2 Å². The Labute approximate surface area is 167 Å². The number of nitrogens with zero attached hydrogens (tertiary/aromatic N) is 4. The zero-order valence-corrected chi connectivity index (χ0v) is 16.5. The van der Waals surface area contributed by atoms with E-state index in [1.807, 2.05) is 66.1 Å². The fourth-order valence-corrected chi connectivity index (χ4v) is 3.39. The van der Waals surface area contributed by atoms with Gasteiger partial charge in [-0.1, -0.05) is 54.2 Å².